The molecule has 2 rings (SSSR count). The first-order valence-corrected chi connectivity index (χ1v) is 11.0. The summed E-state index contributed by atoms with van der Waals surface area (Å²) in [6.07, 6.45) is 4.67. The Bertz CT molecular complexity index is 577. The number of carbonyl (C=O) groups is 2. The number of hydrogen-bond acceptors (Lipinski definition) is 3. The van der Waals surface area contributed by atoms with Gasteiger partial charge in [-0.3, -0.25) is 14.5 Å². The molecule has 1 aromatic carbocycles. The highest BCUT2D eigenvalue weighted by Crippen LogP contribution is 2.09. The number of amides is 2. The molecular formula is C23H37N3O2. The zero-order valence-electron chi connectivity index (χ0n) is 17.7. The van der Waals surface area contributed by atoms with Crippen LogP contribution < -0.4 is 0 Å². The second kappa shape index (κ2) is 12.6. The lowest BCUT2D eigenvalue weighted by atomic mass is 10.1. The third kappa shape index (κ3) is 7.63. The Morgan fingerprint density at radius 2 is 1.57 bits per heavy atom. The van der Waals surface area contributed by atoms with E-state index >= 15 is 0 Å². The Hall–Kier alpha value is -1.88. The van der Waals surface area contributed by atoms with Gasteiger partial charge in [0.2, 0.25) is 11.8 Å². The van der Waals surface area contributed by atoms with Gasteiger partial charge < -0.3 is 9.80 Å². The molecule has 0 radical (unpaired) electrons. The Labute approximate surface area is 170 Å². The lowest BCUT2D eigenvalue weighted by Crippen LogP contribution is -2.49. The van der Waals surface area contributed by atoms with E-state index in [0.717, 1.165) is 65.1 Å². The summed E-state index contributed by atoms with van der Waals surface area (Å²) in [7, 11) is 0. The molecule has 0 atom stereocenters. The first-order chi connectivity index (χ1) is 13.6. The second-order valence-electron chi connectivity index (χ2n) is 7.69. The van der Waals surface area contributed by atoms with Gasteiger partial charge in [0.05, 0.1) is 0 Å². The van der Waals surface area contributed by atoms with E-state index in [1.165, 1.54) is 5.56 Å². The van der Waals surface area contributed by atoms with Crippen LogP contribution in [0.5, 0.6) is 0 Å². The number of benzene rings is 1. The molecule has 2 amide bonds. The number of hydrogen-bond donors (Lipinski definition) is 0. The molecule has 5 heteroatoms. The maximum absolute atomic E-state index is 12.5. The Balaban J connectivity index is 1.63. The van der Waals surface area contributed by atoms with Gasteiger partial charge in [0, 0.05) is 58.7 Å². The maximum atomic E-state index is 12.5. The summed E-state index contributed by atoms with van der Waals surface area (Å²) in [6, 6.07) is 10.6. The minimum atomic E-state index is 0.197. The molecule has 1 fully saturated rings. The molecule has 0 aromatic heterocycles. The van der Waals surface area contributed by atoms with Crippen molar-refractivity contribution in [2.75, 3.05) is 45.8 Å². The van der Waals surface area contributed by atoms with Crippen LogP contribution in [0.1, 0.15) is 51.5 Å². The Morgan fingerprint density at radius 1 is 0.929 bits per heavy atom. The summed E-state index contributed by atoms with van der Waals surface area (Å²) in [5.41, 5.74) is 1.37. The highest BCUT2D eigenvalue weighted by atomic mass is 16.2. The summed E-state index contributed by atoms with van der Waals surface area (Å²) in [4.78, 5) is 31.1. The predicted octanol–water partition coefficient (Wildman–Crippen LogP) is 3.19. The van der Waals surface area contributed by atoms with Crippen molar-refractivity contribution < 1.29 is 9.59 Å². The molecule has 5 nitrogen and oxygen atoms in total. The molecule has 0 N–H and O–H groups in total. The van der Waals surface area contributed by atoms with Gasteiger partial charge in [0.25, 0.3) is 0 Å². The lowest BCUT2D eigenvalue weighted by molar-refractivity contribution is -0.134. The van der Waals surface area contributed by atoms with Crippen molar-refractivity contribution in [2.45, 2.75) is 52.4 Å². The summed E-state index contributed by atoms with van der Waals surface area (Å²) < 4.78 is 0. The number of rotatable bonds is 11. The molecule has 0 spiro atoms. The highest BCUT2D eigenvalue weighted by Gasteiger charge is 2.21. The van der Waals surface area contributed by atoms with Crippen molar-refractivity contribution >= 4 is 11.8 Å². The summed E-state index contributed by atoms with van der Waals surface area (Å²) in [6.45, 7) is 10.4. The van der Waals surface area contributed by atoms with Crippen molar-refractivity contribution in [1.29, 1.82) is 0 Å². The summed E-state index contributed by atoms with van der Waals surface area (Å²) in [5.74, 6) is 0.398. The van der Waals surface area contributed by atoms with Gasteiger partial charge in [0.15, 0.2) is 0 Å². The Kier molecular flexibility index (Phi) is 10.0. The fourth-order valence-corrected chi connectivity index (χ4v) is 3.76. The molecule has 1 aliphatic heterocycles. The van der Waals surface area contributed by atoms with Gasteiger partial charge in [-0.05, 0) is 31.2 Å². The largest absolute Gasteiger partial charge is 0.343 e. The highest BCUT2D eigenvalue weighted by molar-refractivity contribution is 5.79. The normalized spacial score (nSPS) is 14.9. The van der Waals surface area contributed by atoms with Crippen LogP contribution in [0.3, 0.4) is 0 Å². The van der Waals surface area contributed by atoms with E-state index in [4.69, 9.17) is 0 Å². The SMILES string of the molecule is CCCN(CCC)C(=O)CCCC(=O)N1CCN(CCc2ccccc2)CC1. The van der Waals surface area contributed by atoms with Gasteiger partial charge in [-0.25, -0.2) is 0 Å². The number of piperazine rings is 1. The van der Waals surface area contributed by atoms with Crippen LogP contribution >= 0.6 is 0 Å². The van der Waals surface area contributed by atoms with Gasteiger partial charge in [-0.2, -0.15) is 0 Å². The van der Waals surface area contributed by atoms with E-state index in [0.29, 0.717) is 19.3 Å². The number of nitrogens with zero attached hydrogens (tertiary/aromatic N) is 3. The van der Waals surface area contributed by atoms with E-state index in [1.807, 2.05) is 15.9 Å². The maximum Gasteiger partial charge on any atom is 0.222 e. The first kappa shape index (κ1) is 22.4. The minimum absolute atomic E-state index is 0.197. The molecule has 0 saturated carbocycles. The van der Waals surface area contributed by atoms with Gasteiger partial charge in [-0.15, -0.1) is 0 Å². The van der Waals surface area contributed by atoms with E-state index in [2.05, 4.69) is 43.0 Å². The molecule has 156 valence electrons. The third-order valence-electron chi connectivity index (χ3n) is 5.41. The molecule has 0 unspecified atom stereocenters. The molecule has 0 aliphatic carbocycles. The average Bonchev–Trinajstić information content (AvgIpc) is 2.73. The van der Waals surface area contributed by atoms with Crippen molar-refractivity contribution in [3.8, 4) is 0 Å². The van der Waals surface area contributed by atoms with Crippen molar-refractivity contribution in [1.82, 2.24) is 14.7 Å². The van der Waals surface area contributed by atoms with Gasteiger partial charge in [0.1, 0.15) is 0 Å². The van der Waals surface area contributed by atoms with Crippen molar-refractivity contribution in [2.24, 2.45) is 0 Å². The van der Waals surface area contributed by atoms with Crippen molar-refractivity contribution in [3.05, 3.63) is 35.9 Å². The zero-order valence-corrected chi connectivity index (χ0v) is 17.7. The van der Waals surface area contributed by atoms with Crippen LogP contribution in [-0.4, -0.2) is 72.3 Å². The lowest BCUT2D eigenvalue weighted by Gasteiger charge is -2.35. The molecule has 1 aliphatic rings. The minimum Gasteiger partial charge on any atom is -0.343 e. The Morgan fingerprint density at radius 3 is 2.18 bits per heavy atom. The average molecular weight is 388 g/mol. The zero-order chi connectivity index (χ0) is 20.2. The molecule has 1 aromatic rings. The van der Waals surface area contributed by atoms with Crippen LogP contribution in [0.4, 0.5) is 0 Å². The summed E-state index contributed by atoms with van der Waals surface area (Å²) in [5, 5.41) is 0. The summed E-state index contributed by atoms with van der Waals surface area (Å²) >= 11 is 0. The smallest absolute Gasteiger partial charge is 0.222 e. The molecular weight excluding hydrogens is 350 g/mol. The van der Waals surface area contributed by atoms with E-state index in [1.54, 1.807) is 0 Å². The standard InChI is InChI=1S/C23H37N3O2/c1-3-14-25(15-4-2)22(27)11-8-12-23(28)26-19-17-24(18-20-26)16-13-21-9-6-5-7-10-21/h5-7,9-10H,3-4,8,11-20H2,1-2H3. The quantitative estimate of drug-likeness (QED) is 0.586. The molecule has 0 bridgehead atoms. The fourth-order valence-electron chi connectivity index (χ4n) is 3.76. The second-order valence-corrected chi connectivity index (χ2v) is 7.69. The predicted molar refractivity (Wildman–Crippen MR) is 114 cm³/mol. The van der Waals surface area contributed by atoms with E-state index < -0.39 is 0 Å². The van der Waals surface area contributed by atoms with Crippen LogP contribution in [0, 0.1) is 0 Å². The van der Waals surface area contributed by atoms with Gasteiger partial charge in [-0.1, -0.05) is 44.2 Å². The van der Waals surface area contributed by atoms with Crippen LogP contribution in [0.15, 0.2) is 30.3 Å². The fraction of sp³-hybridized carbons (Fsp3) is 0.652. The van der Waals surface area contributed by atoms with Crippen molar-refractivity contribution in [3.63, 3.8) is 0 Å². The topological polar surface area (TPSA) is 43.9 Å². The van der Waals surface area contributed by atoms with E-state index in [9.17, 15) is 9.59 Å². The van der Waals surface area contributed by atoms with Crippen LogP contribution in [0.2, 0.25) is 0 Å². The molecule has 1 saturated heterocycles. The number of carbonyl (C=O) groups excluding carboxylic acids is 2. The van der Waals surface area contributed by atoms with Gasteiger partial charge >= 0.3 is 0 Å². The molecule has 28 heavy (non-hydrogen) atoms. The van der Waals surface area contributed by atoms with Crippen LogP contribution in [0.25, 0.3) is 0 Å². The first-order valence-electron chi connectivity index (χ1n) is 11.0. The van der Waals surface area contributed by atoms with Crippen LogP contribution in [-0.2, 0) is 16.0 Å². The third-order valence-corrected chi connectivity index (χ3v) is 5.41. The van der Waals surface area contributed by atoms with E-state index in [-0.39, 0.29) is 11.8 Å². The monoisotopic (exact) mass is 387 g/mol. The molecule has 1 heterocycles.